The second-order valence-electron chi connectivity index (χ2n) is 2.54. The number of hydrogen-bond donors (Lipinski definition) is 1. The Hall–Kier alpha value is -0.790. The molecule has 0 amide bonds. The largest absolute Gasteiger partial charge is 0.353 e. The molecule has 0 aromatic heterocycles. The van der Waals surface area contributed by atoms with Crippen LogP contribution >= 0.6 is 0 Å². The summed E-state index contributed by atoms with van der Waals surface area (Å²) in [5, 5.41) is 2.99. The van der Waals surface area contributed by atoms with E-state index in [-0.39, 0.29) is 0 Å². The summed E-state index contributed by atoms with van der Waals surface area (Å²) in [6, 6.07) is 0. The lowest BCUT2D eigenvalue weighted by molar-refractivity contribution is 0.766. The van der Waals surface area contributed by atoms with Gasteiger partial charge < -0.3 is 5.32 Å². The molecule has 0 unspecified atom stereocenters. The van der Waals surface area contributed by atoms with Gasteiger partial charge in [-0.15, -0.1) is 0 Å². The Morgan fingerprint density at radius 2 is 2.60 bits per heavy atom. The normalized spacial score (nSPS) is 16.3. The molecule has 2 nitrogen and oxygen atoms in total. The minimum atomic E-state index is 0.896. The van der Waals surface area contributed by atoms with Gasteiger partial charge in [0.2, 0.25) is 0 Å². The zero-order valence-corrected chi connectivity index (χ0v) is 6.43. The Morgan fingerprint density at radius 3 is 3.20 bits per heavy atom. The molecule has 0 aromatic carbocycles. The first kappa shape index (κ1) is 7.32. The number of aliphatic imine (C=N–C) groups is 1. The summed E-state index contributed by atoms with van der Waals surface area (Å²) in [6.45, 7) is 3.10. The van der Waals surface area contributed by atoms with Gasteiger partial charge in [-0.05, 0) is 18.4 Å². The van der Waals surface area contributed by atoms with E-state index in [1.54, 1.807) is 6.34 Å². The highest BCUT2D eigenvalue weighted by atomic mass is 14.9. The maximum atomic E-state index is 4.11. The predicted octanol–water partition coefficient (Wildman–Crippen LogP) is 1.69. The van der Waals surface area contributed by atoms with Crippen LogP contribution in [0.5, 0.6) is 0 Å². The summed E-state index contributed by atoms with van der Waals surface area (Å²) >= 11 is 0. The zero-order valence-electron chi connectivity index (χ0n) is 6.43. The van der Waals surface area contributed by atoms with Gasteiger partial charge in [-0.25, -0.2) is 0 Å². The molecule has 0 saturated carbocycles. The van der Waals surface area contributed by atoms with E-state index in [0.29, 0.717) is 0 Å². The van der Waals surface area contributed by atoms with Gasteiger partial charge in [-0.3, -0.25) is 4.99 Å². The van der Waals surface area contributed by atoms with Crippen molar-refractivity contribution in [1.82, 2.24) is 5.32 Å². The molecule has 2 heteroatoms. The van der Waals surface area contributed by atoms with E-state index in [2.05, 4.69) is 23.4 Å². The summed E-state index contributed by atoms with van der Waals surface area (Å²) in [5.41, 5.74) is 1.42. The van der Waals surface area contributed by atoms with E-state index in [1.807, 2.05) is 0 Å². The second-order valence-corrected chi connectivity index (χ2v) is 2.54. The third-order valence-electron chi connectivity index (χ3n) is 1.60. The van der Waals surface area contributed by atoms with Crippen LogP contribution in [0.15, 0.2) is 16.8 Å². The SMILES string of the molecule is CCCCC1=CNC=NC1. The lowest BCUT2D eigenvalue weighted by Crippen LogP contribution is -2.10. The molecule has 1 aliphatic heterocycles. The smallest absolute Gasteiger partial charge is 0.0867 e. The molecular formula is C8H14N2. The molecule has 10 heavy (non-hydrogen) atoms. The molecule has 0 spiro atoms. The van der Waals surface area contributed by atoms with Gasteiger partial charge in [0.05, 0.1) is 12.9 Å². The van der Waals surface area contributed by atoms with Crippen molar-refractivity contribution in [3.8, 4) is 0 Å². The van der Waals surface area contributed by atoms with E-state index >= 15 is 0 Å². The van der Waals surface area contributed by atoms with Gasteiger partial charge in [0.1, 0.15) is 0 Å². The maximum Gasteiger partial charge on any atom is 0.0867 e. The summed E-state index contributed by atoms with van der Waals surface area (Å²) < 4.78 is 0. The van der Waals surface area contributed by atoms with E-state index in [4.69, 9.17) is 0 Å². The van der Waals surface area contributed by atoms with Gasteiger partial charge in [-0.1, -0.05) is 13.3 Å². The van der Waals surface area contributed by atoms with Crippen LogP contribution in [0.25, 0.3) is 0 Å². The molecule has 0 fully saturated rings. The molecule has 0 radical (unpaired) electrons. The van der Waals surface area contributed by atoms with Crippen molar-refractivity contribution in [1.29, 1.82) is 0 Å². The van der Waals surface area contributed by atoms with Crippen LogP contribution in [-0.4, -0.2) is 12.9 Å². The summed E-state index contributed by atoms with van der Waals surface area (Å²) in [4.78, 5) is 4.11. The molecule has 0 atom stereocenters. The quantitative estimate of drug-likeness (QED) is 0.630. The van der Waals surface area contributed by atoms with Crippen molar-refractivity contribution < 1.29 is 0 Å². The highest BCUT2D eigenvalue weighted by molar-refractivity contribution is 5.57. The van der Waals surface area contributed by atoms with E-state index in [1.165, 1.54) is 24.8 Å². The minimum absolute atomic E-state index is 0.896. The monoisotopic (exact) mass is 138 g/mol. The van der Waals surface area contributed by atoms with E-state index < -0.39 is 0 Å². The fraction of sp³-hybridized carbons (Fsp3) is 0.625. The first-order valence-electron chi connectivity index (χ1n) is 3.85. The Balaban J connectivity index is 2.21. The molecule has 0 aromatic rings. The molecular weight excluding hydrogens is 124 g/mol. The van der Waals surface area contributed by atoms with Crippen LogP contribution in [0.2, 0.25) is 0 Å². The number of unbranched alkanes of at least 4 members (excludes halogenated alkanes) is 1. The number of hydrogen-bond acceptors (Lipinski definition) is 2. The molecule has 0 aliphatic carbocycles. The molecule has 1 aliphatic rings. The van der Waals surface area contributed by atoms with Gasteiger partial charge in [-0.2, -0.15) is 0 Å². The van der Waals surface area contributed by atoms with Crippen molar-refractivity contribution in [2.45, 2.75) is 26.2 Å². The molecule has 1 rings (SSSR count). The molecule has 1 N–H and O–H groups in total. The van der Waals surface area contributed by atoms with Gasteiger partial charge in [0, 0.05) is 6.20 Å². The van der Waals surface area contributed by atoms with Crippen LogP contribution in [-0.2, 0) is 0 Å². The lowest BCUT2D eigenvalue weighted by Gasteiger charge is -2.06. The molecule has 0 saturated heterocycles. The Morgan fingerprint density at radius 1 is 1.70 bits per heavy atom. The fourth-order valence-electron chi connectivity index (χ4n) is 0.971. The van der Waals surface area contributed by atoms with Crippen molar-refractivity contribution in [2.24, 2.45) is 4.99 Å². The van der Waals surface area contributed by atoms with Crippen molar-refractivity contribution in [2.75, 3.05) is 6.54 Å². The van der Waals surface area contributed by atoms with E-state index in [9.17, 15) is 0 Å². The van der Waals surface area contributed by atoms with Gasteiger partial charge in [0.25, 0.3) is 0 Å². The highest BCUT2D eigenvalue weighted by Gasteiger charge is 1.96. The highest BCUT2D eigenvalue weighted by Crippen LogP contribution is 2.07. The van der Waals surface area contributed by atoms with Crippen LogP contribution in [0, 0.1) is 0 Å². The minimum Gasteiger partial charge on any atom is -0.353 e. The predicted molar refractivity (Wildman–Crippen MR) is 44.1 cm³/mol. The summed E-state index contributed by atoms with van der Waals surface area (Å²) in [6.07, 6.45) is 7.54. The van der Waals surface area contributed by atoms with Crippen molar-refractivity contribution in [3.05, 3.63) is 11.8 Å². The number of rotatable bonds is 3. The number of nitrogens with one attached hydrogen (secondary N) is 1. The van der Waals surface area contributed by atoms with Crippen molar-refractivity contribution >= 4 is 6.34 Å². The van der Waals surface area contributed by atoms with Gasteiger partial charge >= 0.3 is 0 Å². The standard InChI is InChI=1S/C8H14N2/c1-2-3-4-8-5-9-7-10-6-8/h5,7H,2-4,6H2,1H3,(H,9,10). The lowest BCUT2D eigenvalue weighted by atomic mass is 10.1. The van der Waals surface area contributed by atoms with Crippen LogP contribution in [0.4, 0.5) is 0 Å². The van der Waals surface area contributed by atoms with E-state index in [0.717, 1.165) is 6.54 Å². The summed E-state index contributed by atoms with van der Waals surface area (Å²) in [7, 11) is 0. The Kier molecular flexibility index (Phi) is 3.00. The number of nitrogens with zero attached hydrogens (tertiary/aromatic N) is 1. The average Bonchev–Trinajstić information content (AvgIpc) is 2.03. The topological polar surface area (TPSA) is 24.4 Å². The van der Waals surface area contributed by atoms with Crippen LogP contribution < -0.4 is 5.32 Å². The zero-order chi connectivity index (χ0) is 7.23. The Labute approximate surface area is 62.0 Å². The molecule has 0 bridgehead atoms. The fourth-order valence-corrected chi connectivity index (χ4v) is 0.971. The third-order valence-corrected chi connectivity index (χ3v) is 1.60. The second kappa shape index (κ2) is 4.09. The van der Waals surface area contributed by atoms with Crippen LogP contribution in [0.1, 0.15) is 26.2 Å². The first-order valence-corrected chi connectivity index (χ1v) is 3.85. The first-order chi connectivity index (χ1) is 4.93. The summed E-state index contributed by atoms with van der Waals surface area (Å²) in [5.74, 6) is 0. The third kappa shape index (κ3) is 2.21. The molecule has 56 valence electrons. The van der Waals surface area contributed by atoms with Gasteiger partial charge in [0.15, 0.2) is 0 Å². The van der Waals surface area contributed by atoms with Crippen LogP contribution in [0.3, 0.4) is 0 Å². The molecule has 1 heterocycles. The Bertz CT molecular complexity index is 147. The maximum absolute atomic E-state index is 4.11. The van der Waals surface area contributed by atoms with Crippen molar-refractivity contribution in [3.63, 3.8) is 0 Å². The average molecular weight is 138 g/mol.